The van der Waals surface area contributed by atoms with Gasteiger partial charge in [0.25, 0.3) is 0 Å². The molecule has 1 fully saturated rings. The number of hydrogen-bond donors (Lipinski definition) is 0. The molecule has 0 N–H and O–H groups in total. The Morgan fingerprint density at radius 1 is 1.21 bits per heavy atom. The Bertz CT molecular complexity index is 707. The summed E-state index contributed by atoms with van der Waals surface area (Å²) in [7, 11) is 0. The van der Waals surface area contributed by atoms with Crippen LogP contribution >= 0.6 is 0 Å². The smallest absolute Gasteiger partial charge is 0.410 e. The molecule has 1 amide bonds. The zero-order valence-corrected chi connectivity index (χ0v) is 14.4. The first-order valence-electron chi connectivity index (χ1n) is 8.08. The minimum Gasteiger partial charge on any atom is -0.464 e. The minimum absolute atomic E-state index is 0.201. The molecule has 0 saturated carbocycles. The van der Waals surface area contributed by atoms with Crippen molar-refractivity contribution in [2.45, 2.75) is 45.1 Å². The van der Waals surface area contributed by atoms with Gasteiger partial charge in [0.05, 0.1) is 6.26 Å². The van der Waals surface area contributed by atoms with Crippen LogP contribution in [0.1, 0.15) is 45.1 Å². The minimum atomic E-state index is -0.434. The van der Waals surface area contributed by atoms with E-state index >= 15 is 0 Å². The fourth-order valence-electron chi connectivity index (χ4n) is 3.07. The van der Waals surface area contributed by atoms with Crippen molar-refractivity contribution in [2.75, 3.05) is 13.1 Å². The lowest BCUT2D eigenvalue weighted by Crippen LogP contribution is -2.41. The number of carbonyl (C=O) groups excluding carboxylic acids is 1. The van der Waals surface area contributed by atoms with Crippen LogP contribution in [0.2, 0.25) is 0 Å². The van der Waals surface area contributed by atoms with Gasteiger partial charge in [0.2, 0.25) is 0 Å². The molecule has 1 aromatic heterocycles. The maximum Gasteiger partial charge on any atom is 0.410 e. The number of furan rings is 1. The molecule has 0 aliphatic carbocycles. The molecule has 1 aliphatic heterocycles. The number of hydrogen-bond acceptors (Lipinski definition) is 5. The number of ether oxygens (including phenoxy) is 1. The lowest BCUT2D eigenvalue weighted by Gasteiger charge is -2.33. The maximum absolute atomic E-state index is 12.1. The highest BCUT2D eigenvalue weighted by molar-refractivity contribution is 5.81. The summed E-state index contributed by atoms with van der Waals surface area (Å²) in [5, 5.41) is 13.2. The van der Waals surface area contributed by atoms with Crippen molar-refractivity contribution in [2.24, 2.45) is 0 Å². The Hall–Kier alpha value is -2.55. The molecule has 0 atom stereocenters. The lowest BCUT2D eigenvalue weighted by atomic mass is 9.88. The fraction of sp³-hybridized carbons (Fsp3) is 0.500. The van der Waals surface area contributed by atoms with Crippen molar-refractivity contribution in [3.05, 3.63) is 36.1 Å². The van der Waals surface area contributed by atoms with Gasteiger partial charge in [-0.15, -0.1) is 0 Å². The van der Waals surface area contributed by atoms with Gasteiger partial charge in [-0.25, -0.2) is 4.79 Å². The van der Waals surface area contributed by atoms with Crippen LogP contribution in [0.15, 0.2) is 34.9 Å². The third-order valence-corrected chi connectivity index (χ3v) is 4.12. The van der Waals surface area contributed by atoms with E-state index in [-0.39, 0.29) is 6.09 Å². The van der Waals surface area contributed by atoms with Gasteiger partial charge in [-0.2, -0.15) is 0 Å². The van der Waals surface area contributed by atoms with E-state index in [0.29, 0.717) is 5.92 Å². The van der Waals surface area contributed by atoms with Gasteiger partial charge in [-0.3, -0.25) is 0 Å². The summed E-state index contributed by atoms with van der Waals surface area (Å²) in [6.45, 7) is 7.19. The molecular weight excluding hydrogens is 306 g/mol. The van der Waals surface area contributed by atoms with Crippen LogP contribution in [0.25, 0.3) is 11.0 Å². The van der Waals surface area contributed by atoms with Crippen molar-refractivity contribution in [1.82, 2.24) is 4.90 Å². The number of benzene rings is 1. The van der Waals surface area contributed by atoms with Crippen LogP contribution in [0, 0.1) is 10.8 Å². The van der Waals surface area contributed by atoms with E-state index < -0.39 is 5.60 Å². The molecule has 6 nitrogen and oxygen atoms in total. The highest BCUT2D eigenvalue weighted by atomic mass is 16.6. The molecule has 1 aromatic carbocycles. The number of fused-ring (bicyclic) bond motifs is 1. The number of likely N-dealkylation sites (tertiary alicyclic amines) is 1. The molecule has 6 heteroatoms. The Kier molecular flexibility index (Phi) is 5.45. The highest BCUT2D eigenvalue weighted by Gasteiger charge is 2.28. The van der Waals surface area contributed by atoms with E-state index in [9.17, 15) is 4.79 Å². The van der Waals surface area contributed by atoms with E-state index in [0.717, 1.165) is 31.5 Å². The summed E-state index contributed by atoms with van der Waals surface area (Å²) in [4.78, 5) is 13.9. The second kappa shape index (κ2) is 7.35. The summed E-state index contributed by atoms with van der Waals surface area (Å²) in [5.74, 6) is 0.472. The monoisotopic (exact) mass is 329 g/mol. The van der Waals surface area contributed by atoms with Gasteiger partial charge < -0.3 is 14.1 Å². The Morgan fingerprint density at radius 2 is 1.88 bits per heavy atom. The number of carbonyl (C=O) groups is 1. The summed E-state index contributed by atoms with van der Waals surface area (Å²) < 4.78 is 10.9. The van der Waals surface area contributed by atoms with Crippen molar-refractivity contribution < 1.29 is 13.9 Å². The molecule has 0 spiro atoms. The molecule has 1 saturated heterocycles. The number of rotatable bonds is 1. The normalized spacial score (nSPS) is 15.6. The maximum atomic E-state index is 12.1. The predicted octanol–water partition coefficient (Wildman–Crippen LogP) is 4.58. The van der Waals surface area contributed by atoms with Crippen molar-refractivity contribution in [3.8, 4) is 0 Å². The molecular formula is C18H23N3O3. The highest BCUT2D eigenvalue weighted by Crippen LogP contribution is 2.33. The van der Waals surface area contributed by atoms with Crippen LogP contribution in [-0.4, -0.2) is 29.7 Å². The zero-order chi connectivity index (χ0) is 17.7. The first-order valence-corrected chi connectivity index (χ1v) is 8.08. The fourth-order valence-corrected chi connectivity index (χ4v) is 3.07. The molecule has 0 bridgehead atoms. The van der Waals surface area contributed by atoms with E-state index in [1.807, 2.05) is 43.9 Å². The summed E-state index contributed by atoms with van der Waals surface area (Å²) in [6.07, 6.45) is 3.46. The first kappa shape index (κ1) is 17.8. The zero-order valence-electron chi connectivity index (χ0n) is 14.4. The molecule has 3 rings (SSSR count). The standard InChI is InChI=1S/C18H23NO3.N2/c1-18(2,3)22-17(20)19-10-7-13(8-11-19)14-5-4-6-16-15(14)9-12-21-16;1-2/h4-6,9,12-13H,7-8,10-11H2,1-3H3;. The number of piperidine rings is 1. The van der Waals surface area contributed by atoms with E-state index in [1.165, 1.54) is 10.9 Å². The van der Waals surface area contributed by atoms with Crippen LogP contribution in [0.4, 0.5) is 4.79 Å². The number of amides is 1. The SMILES string of the molecule is CC(C)(C)OC(=O)N1CCC(c2cccc3occc23)CC1.N#N. The van der Waals surface area contributed by atoms with Crippen molar-refractivity contribution in [3.63, 3.8) is 0 Å². The largest absolute Gasteiger partial charge is 0.464 e. The molecule has 1 aliphatic rings. The number of nitrogens with zero attached hydrogens (tertiary/aromatic N) is 3. The van der Waals surface area contributed by atoms with Crippen molar-refractivity contribution >= 4 is 17.1 Å². The van der Waals surface area contributed by atoms with Gasteiger partial charge in [-0.1, -0.05) is 12.1 Å². The molecule has 24 heavy (non-hydrogen) atoms. The van der Waals surface area contributed by atoms with Gasteiger partial charge in [-0.05, 0) is 57.2 Å². The van der Waals surface area contributed by atoms with Crippen LogP contribution < -0.4 is 0 Å². The topological polar surface area (TPSA) is 90.3 Å². The van der Waals surface area contributed by atoms with E-state index in [1.54, 1.807) is 6.26 Å². The Morgan fingerprint density at radius 3 is 2.50 bits per heavy atom. The predicted molar refractivity (Wildman–Crippen MR) is 89.4 cm³/mol. The molecule has 2 aromatic rings. The van der Waals surface area contributed by atoms with E-state index in [2.05, 4.69) is 6.07 Å². The summed E-state index contributed by atoms with van der Waals surface area (Å²) in [5.41, 5.74) is 1.83. The summed E-state index contributed by atoms with van der Waals surface area (Å²) in [6, 6.07) is 8.24. The Balaban J connectivity index is 0.00000100. The van der Waals surface area contributed by atoms with Crippen LogP contribution in [0.3, 0.4) is 0 Å². The van der Waals surface area contributed by atoms with Gasteiger partial charge in [0, 0.05) is 29.3 Å². The quantitative estimate of drug-likeness (QED) is 0.714. The lowest BCUT2D eigenvalue weighted by molar-refractivity contribution is 0.0205. The van der Waals surface area contributed by atoms with Gasteiger partial charge in [0.1, 0.15) is 11.2 Å². The second-order valence-electron chi connectivity index (χ2n) is 6.92. The average molecular weight is 329 g/mol. The van der Waals surface area contributed by atoms with Crippen LogP contribution in [0.5, 0.6) is 0 Å². The molecule has 0 unspecified atom stereocenters. The van der Waals surface area contributed by atoms with Crippen LogP contribution in [-0.2, 0) is 4.74 Å². The van der Waals surface area contributed by atoms with Gasteiger partial charge in [0.15, 0.2) is 0 Å². The Labute approximate surface area is 141 Å². The third-order valence-electron chi connectivity index (χ3n) is 4.12. The van der Waals surface area contributed by atoms with Crippen molar-refractivity contribution in [1.29, 1.82) is 10.8 Å². The average Bonchev–Trinajstić information content (AvgIpc) is 3.04. The third kappa shape index (κ3) is 4.05. The van der Waals surface area contributed by atoms with E-state index in [4.69, 9.17) is 19.9 Å². The summed E-state index contributed by atoms with van der Waals surface area (Å²) >= 11 is 0. The van der Waals surface area contributed by atoms with Gasteiger partial charge >= 0.3 is 6.09 Å². The molecule has 0 radical (unpaired) electrons. The molecule has 128 valence electrons. The first-order chi connectivity index (χ1) is 11.4. The molecule has 2 heterocycles. The second-order valence-corrected chi connectivity index (χ2v) is 6.92.